The smallest absolute Gasteiger partial charge is 0.345 e. The second kappa shape index (κ2) is 5.89. The van der Waals surface area contributed by atoms with Crippen molar-refractivity contribution in [3.8, 4) is 11.5 Å². The van der Waals surface area contributed by atoms with Crippen molar-refractivity contribution in [2.75, 3.05) is 0 Å². The van der Waals surface area contributed by atoms with Crippen LogP contribution in [0.15, 0.2) is 30.3 Å². The van der Waals surface area contributed by atoms with Gasteiger partial charge in [0.1, 0.15) is 24.9 Å². The summed E-state index contributed by atoms with van der Waals surface area (Å²) >= 11 is 0. The lowest BCUT2D eigenvalue weighted by Crippen LogP contribution is -2.34. The molecule has 0 spiro atoms. The minimum atomic E-state index is -0.920. The Hall–Kier alpha value is -2.43. The Morgan fingerprint density at radius 2 is 1.71 bits per heavy atom. The Labute approximate surface area is 142 Å². The standard InChI is InChI=1S/C17H13BO4.C2H6/c1-9-20-15-11-6-4-3-5-10(11)14-12(13(15)16(19)21-9)7-8-17(2,18)22-14;1-2/h3-9H,1-2H3;1-2H3. The number of cyclic esters (lactones) is 1. The maximum atomic E-state index is 12.4. The Morgan fingerprint density at radius 1 is 1.08 bits per heavy atom. The van der Waals surface area contributed by atoms with E-state index < -0.39 is 17.8 Å². The molecule has 122 valence electrons. The first-order chi connectivity index (χ1) is 11.5. The molecule has 2 radical (unpaired) electrons. The number of hydrogen-bond donors (Lipinski definition) is 0. The molecule has 2 heterocycles. The van der Waals surface area contributed by atoms with Crippen molar-refractivity contribution >= 4 is 30.7 Å². The van der Waals surface area contributed by atoms with Gasteiger partial charge in [-0.3, -0.25) is 0 Å². The Morgan fingerprint density at radius 3 is 2.38 bits per heavy atom. The third-order valence-corrected chi connectivity index (χ3v) is 3.82. The van der Waals surface area contributed by atoms with Crippen LogP contribution in [0.5, 0.6) is 11.5 Å². The monoisotopic (exact) mass is 322 g/mol. The van der Waals surface area contributed by atoms with Gasteiger partial charge in [0.25, 0.3) is 0 Å². The fraction of sp³-hybridized carbons (Fsp3) is 0.316. The summed E-state index contributed by atoms with van der Waals surface area (Å²) in [6, 6.07) is 7.63. The molecule has 0 bridgehead atoms. The first-order valence-electron chi connectivity index (χ1n) is 8.10. The predicted octanol–water partition coefficient (Wildman–Crippen LogP) is 4.05. The van der Waals surface area contributed by atoms with Crippen molar-refractivity contribution in [2.24, 2.45) is 0 Å². The van der Waals surface area contributed by atoms with Crippen LogP contribution in [0, 0.1) is 0 Å². The topological polar surface area (TPSA) is 44.8 Å². The number of rotatable bonds is 0. The highest BCUT2D eigenvalue weighted by Gasteiger charge is 2.35. The summed E-state index contributed by atoms with van der Waals surface area (Å²) in [7, 11) is 6.06. The molecule has 0 aromatic heterocycles. The van der Waals surface area contributed by atoms with Gasteiger partial charge < -0.3 is 14.2 Å². The van der Waals surface area contributed by atoms with Crippen LogP contribution in [0.1, 0.15) is 43.6 Å². The lowest BCUT2D eigenvalue weighted by molar-refractivity contribution is -0.0481. The lowest BCUT2D eigenvalue weighted by atomic mass is 9.80. The molecule has 0 N–H and O–H groups in total. The maximum Gasteiger partial charge on any atom is 0.345 e. The number of benzene rings is 2. The summed E-state index contributed by atoms with van der Waals surface area (Å²) in [5, 5.41) is 1.67. The van der Waals surface area contributed by atoms with Crippen LogP contribution >= 0.6 is 0 Å². The average molecular weight is 322 g/mol. The third kappa shape index (κ3) is 2.54. The van der Waals surface area contributed by atoms with Crippen molar-refractivity contribution in [1.29, 1.82) is 0 Å². The van der Waals surface area contributed by atoms with Gasteiger partial charge in [0.15, 0.2) is 0 Å². The zero-order chi connectivity index (χ0) is 17.5. The molecule has 5 heteroatoms. The summed E-state index contributed by atoms with van der Waals surface area (Å²) in [5.41, 5.74) is 0.114. The number of carbonyl (C=O) groups is 1. The van der Waals surface area contributed by atoms with E-state index in [1.165, 1.54) is 0 Å². The molecule has 2 aliphatic rings. The first kappa shape index (κ1) is 16.4. The van der Waals surface area contributed by atoms with Gasteiger partial charge >= 0.3 is 5.97 Å². The number of ether oxygens (including phenoxy) is 3. The van der Waals surface area contributed by atoms with Crippen LogP contribution in [0.2, 0.25) is 0 Å². The van der Waals surface area contributed by atoms with Crippen LogP contribution in [-0.2, 0) is 4.74 Å². The van der Waals surface area contributed by atoms with Gasteiger partial charge in [0.2, 0.25) is 6.29 Å². The van der Waals surface area contributed by atoms with Crippen LogP contribution in [-0.4, -0.2) is 25.6 Å². The molecule has 2 aliphatic heterocycles. The zero-order valence-corrected chi connectivity index (χ0v) is 14.3. The molecule has 2 aromatic carbocycles. The molecule has 2 atom stereocenters. The maximum absolute atomic E-state index is 12.4. The van der Waals surface area contributed by atoms with Crippen molar-refractivity contribution in [1.82, 2.24) is 0 Å². The second-order valence-electron chi connectivity index (χ2n) is 5.70. The average Bonchev–Trinajstić information content (AvgIpc) is 2.56. The van der Waals surface area contributed by atoms with Crippen molar-refractivity contribution in [3.63, 3.8) is 0 Å². The van der Waals surface area contributed by atoms with E-state index in [0.717, 1.165) is 10.8 Å². The third-order valence-electron chi connectivity index (χ3n) is 3.82. The first-order valence-corrected chi connectivity index (χ1v) is 8.10. The van der Waals surface area contributed by atoms with Crippen LogP contribution in [0.3, 0.4) is 0 Å². The normalized spacial score (nSPS) is 23.8. The highest BCUT2D eigenvalue weighted by atomic mass is 16.7. The van der Waals surface area contributed by atoms with E-state index in [1.807, 2.05) is 38.1 Å². The van der Waals surface area contributed by atoms with E-state index >= 15 is 0 Å². The Bertz CT molecular complexity index is 839. The van der Waals surface area contributed by atoms with Gasteiger partial charge in [0.05, 0.1) is 5.50 Å². The fourth-order valence-corrected chi connectivity index (χ4v) is 2.89. The van der Waals surface area contributed by atoms with Crippen molar-refractivity contribution < 1.29 is 19.0 Å². The van der Waals surface area contributed by atoms with Gasteiger partial charge in [0, 0.05) is 23.3 Å². The van der Waals surface area contributed by atoms with Crippen molar-refractivity contribution in [3.05, 3.63) is 41.5 Å². The summed E-state index contributed by atoms with van der Waals surface area (Å²) in [6.07, 6.45) is 2.90. The highest BCUT2D eigenvalue weighted by molar-refractivity contribution is 6.17. The Balaban J connectivity index is 0.000000815. The van der Waals surface area contributed by atoms with Crippen LogP contribution < -0.4 is 9.47 Å². The lowest BCUT2D eigenvalue weighted by Gasteiger charge is -2.33. The summed E-state index contributed by atoms with van der Waals surface area (Å²) in [4.78, 5) is 12.4. The molecule has 24 heavy (non-hydrogen) atoms. The second-order valence-corrected chi connectivity index (χ2v) is 5.70. The minimum Gasteiger partial charge on any atom is -0.492 e. The number of hydrogen-bond acceptors (Lipinski definition) is 4. The SMILES string of the molecule is CC.[B]C1(C)C=Cc2c3c(c4ccccc4c2O1)OC(C)OC3=O. The molecule has 4 nitrogen and oxygen atoms in total. The van der Waals surface area contributed by atoms with E-state index in [9.17, 15) is 4.79 Å². The molecule has 0 aliphatic carbocycles. The molecule has 0 saturated heterocycles. The number of esters is 1. The molecule has 2 unspecified atom stereocenters. The quantitative estimate of drug-likeness (QED) is 0.542. The molecular weight excluding hydrogens is 303 g/mol. The van der Waals surface area contributed by atoms with Gasteiger partial charge in [-0.15, -0.1) is 0 Å². The molecular formula is C19H19BO4. The van der Waals surface area contributed by atoms with Gasteiger partial charge in [-0.2, -0.15) is 0 Å². The summed E-state index contributed by atoms with van der Waals surface area (Å²) in [5.74, 6) is 0.702. The predicted molar refractivity (Wildman–Crippen MR) is 94.6 cm³/mol. The van der Waals surface area contributed by atoms with Gasteiger partial charge in [-0.1, -0.05) is 50.3 Å². The molecule has 0 fully saturated rings. The summed E-state index contributed by atoms with van der Waals surface area (Å²) < 4.78 is 16.9. The number of carbonyl (C=O) groups excluding carboxylic acids is 1. The van der Waals surface area contributed by atoms with E-state index in [2.05, 4.69) is 0 Å². The van der Waals surface area contributed by atoms with E-state index in [0.29, 0.717) is 22.6 Å². The van der Waals surface area contributed by atoms with E-state index in [-0.39, 0.29) is 0 Å². The fourth-order valence-electron chi connectivity index (χ4n) is 2.89. The number of fused-ring (bicyclic) bond motifs is 6. The zero-order valence-electron chi connectivity index (χ0n) is 14.3. The van der Waals surface area contributed by atoms with Gasteiger partial charge in [-0.05, 0) is 6.92 Å². The molecule has 0 saturated carbocycles. The molecule has 4 rings (SSSR count). The van der Waals surface area contributed by atoms with Gasteiger partial charge in [-0.25, -0.2) is 4.79 Å². The minimum absolute atomic E-state index is 0.388. The highest BCUT2D eigenvalue weighted by Crippen LogP contribution is 2.46. The van der Waals surface area contributed by atoms with Crippen LogP contribution in [0.4, 0.5) is 0 Å². The van der Waals surface area contributed by atoms with E-state index in [1.54, 1.807) is 26.0 Å². The Kier molecular flexibility index (Phi) is 4.04. The molecule has 2 aromatic rings. The largest absolute Gasteiger partial charge is 0.492 e. The van der Waals surface area contributed by atoms with Crippen molar-refractivity contribution in [2.45, 2.75) is 39.5 Å². The summed E-state index contributed by atoms with van der Waals surface area (Å²) in [6.45, 7) is 7.45. The van der Waals surface area contributed by atoms with Crippen LogP contribution in [0.25, 0.3) is 16.8 Å². The van der Waals surface area contributed by atoms with E-state index in [4.69, 9.17) is 22.1 Å². The molecule has 0 amide bonds.